The van der Waals surface area contributed by atoms with Crippen molar-refractivity contribution in [3.8, 4) is 0 Å². The Hall–Kier alpha value is 0.690. The van der Waals surface area contributed by atoms with Crippen LogP contribution in [0.15, 0.2) is 0 Å². The van der Waals surface area contributed by atoms with Gasteiger partial charge in [-0.2, -0.15) is 0 Å². The molecule has 0 aliphatic rings. The maximum Gasteiger partial charge on any atom is 0.0431 e. The number of alkyl halides is 1. The van der Waals surface area contributed by atoms with Gasteiger partial charge in [0.1, 0.15) is 0 Å². The molecule has 0 spiro atoms. The van der Waals surface area contributed by atoms with Gasteiger partial charge in [0, 0.05) is 6.61 Å². The molecular weight excluding hydrogens is 743 g/mol. The molecular formula is C50H103IO. The van der Waals surface area contributed by atoms with Gasteiger partial charge in [-0.25, -0.2) is 0 Å². The minimum Gasteiger partial charge on any atom is -0.396 e. The van der Waals surface area contributed by atoms with Gasteiger partial charge < -0.3 is 5.11 Å². The molecule has 0 aromatic heterocycles. The molecule has 0 fully saturated rings. The Balaban J connectivity index is 0. The van der Waals surface area contributed by atoms with Crippen LogP contribution in [0.4, 0.5) is 0 Å². The highest BCUT2D eigenvalue weighted by molar-refractivity contribution is 14.1. The monoisotopic (exact) mass is 847 g/mol. The molecule has 0 amide bonds. The zero-order valence-corrected chi connectivity index (χ0v) is 39.3. The number of hydrogen-bond donors (Lipinski definition) is 1. The van der Waals surface area contributed by atoms with Crippen molar-refractivity contribution < 1.29 is 5.11 Å². The molecule has 0 aromatic rings. The summed E-state index contributed by atoms with van der Waals surface area (Å²) in [5, 5.41) is 9.05. The molecule has 1 nitrogen and oxygen atoms in total. The van der Waals surface area contributed by atoms with Gasteiger partial charge in [-0.1, -0.05) is 307 Å². The predicted molar refractivity (Wildman–Crippen MR) is 250 cm³/mol. The lowest BCUT2D eigenvalue weighted by atomic mass is 9.90. The van der Waals surface area contributed by atoms with E-state index in [4.69, 9.17) is 5.11 Å². The van der Waals surface area contributed by atoms with E-state index in [9.17, 15) is 0 Å². The normalized spacial score (nSPS) is 11.5. The largest absolute Gasteiger partial charge is 0.396 e. The van der Waals surface area contributed by atoms with Crippen molar-refractivity contribution in [1.82, 2.24) is 0 Å². The van der Waals surface area contributed by atoms with Gasteiger partial charge in [0.15, 0.2) is 0 Å². The van der Waals surface area contributed by atoms with Crippen LogP contribution in [0, 0.1) is 11.8 Å². The van der Waals surface area contributed by atoms with E-state index in [0.29, 0.717) is 6.61 Å². The van der Waals surface area contributed by atoms with Crippen molar-refractivity contribution in [2.24, 2.45) is 11.8 Å². The van der Waals surface area contributed by atoms with Gasteiger partial charge >= 0.3 is 0 Å². The number of aliphatic hydroxyl groups is 1. The van der Waals surface area contributed by atoms with Crippen molar-refractivity contribution in [1.29, 1.82) is 0 Å². The molecule has 0 bridgehead atoms. The molecule has 0 aliphatic carbocycles. The Labute approximate surface area is 346 Å². The molecule has 0 rings (SSSR count). The van der Waals surface area contributed by atoms with Crippen LogP contribution in [0.5, 0.6) is 0 Å². The van der Waals surface area contributed by atoms with Crippen molar-refractivity contribution in [3.05, 3.63) is 0 Å². The molecule has 0 aromatic carbocycles. The van der Waals surface area contributed by atoms with E-state index in [2.05, 4.69) is 50.3 Å². The number of rotatable bonds is 44. The maximum absolute atomic E-state index is 9.05. The van der Waals surface area contributed by atoms with E-state index in [-0.39, 0.29) is 0 Å². The molecule has 52 heavy (non-hydrogen) atoms. The summed E-state index contributed by atoms with van der Waals surface area (Å²) in [6.07, 6.45) is 60.3. The molecule has 0 unspecified atom stereocenters. The van der Waals surface area contributed by atoms with E-state index in [0.717, 1.165) is 18.3 Å². The number of aliphatic hydroxyl groups excluding tert-OH is 1. The fraction of sp³-hybridized carbons (Fsp3) is 1.00. The van der Waals surface area contributed by atoms with Crippen LogP contribution < -0.4 is 0 Å². The molecule has 0 atom stereocenters. The van der Waals surface area contributed by atoms with Crippen LogP contribution in [-0.2, 0) is 0 Å². The van der Waals surface area contributed by atoms with Crippen molar-refractivity contribution in [2.45, 2.75) is 297 Å². The third-order valence-corrected chi connectivity index (χ3v) is 12.6. The summed E-state index contributed by atoms with van der Waals surface area (Å²) < 4.78 is 1.35. The Kier molecular flexibility index (Phi) is 54.5. The van der Waals surface area contributed by atoms with E-state index in [1.807, 2.05) is 0 Å². The van der Waals surface area contributed by atoms with Gasteiger partial charge in [0.2, 0.25) is 0 Å². The number of halogens is 1. The fourth-order valence-electron chi connectivity index (χ4n) is 8.21. The summed E-state index contributed by atoms with van der Waals surface area (Å²) in [6, 6.07) is 0. The molecule has 0 radical (unpaired) electrons. The van der Waals surface area contributed by atoms with Crippen LogP contribution in [0.3, 0.4) is 0 Å². The quantitative estimate of drug-likeness (QED) is 0.0368. The highest BCUT2D eigenvalue weighted by Gasteiger charge is 2.10. The minimum atomic E-state index is 0.377. The third-order valence-electron chi connectivity index (χ3n) is 11.9. The van der Waals surface area contributed by atoms with Crippen LogP contribution in [0.2, 0.25) is 0 Å². The van der Waals surface area contributed by atoms with Gasteiger partial charge in [0.25, 0.3) is 0 Å². The Bertz CT molecular complexity index is 489. The summed E-state index contributed by atoms with van der Waals surface area (Å²) in [5.74, 6) is 1.97. The topological polar surface area (TPSA) is 20.2 Å². The standard InChI is InChI=1S/C25H51I.C25H52O/c2*1-3-5-7-9-11-13-15-17-21-25(23-19-20-24-26)22-18-16-14-12-10-8-6-4-2/h25H,3-24H2,1-2H3;25-26H,3-24H2,1-2H3. The first-order valence-electron chi connectivity index (χ1n) is 24.9. The zero-order valence-electron chi connectivity index (χ0n) is 37.1. The lowest BCUT2D eigenvalue weighted by Crippen LogP contribution is -2.02. The molecule has 316 valence electrons. The third kappa shape index (κ3) is 48.7. The summed E-state index contributed by atoms with van der Waals surface area (Å²) in [7, 11) is 0. The van der Waals surface area contributed by atoms with Gasteiger partial charge in [0.05, 0.1) is 0 Å². The minimum absolute atomic E-state index is 0.377. The lowest BCUT2D eigenvalue weighted by Gasteiger charge is -2.17. The second kappa shape index (κ2) is 51.7. The maximum atomic E-state index is 9.05. The highest BCUT2D eigenvalue weighted by Crippen LogP contribution is 2.26. The van der Waals surface area contributed by atoms with E-state index >= 15 is 0 Å². The zero-order chi connectivity index (χ0) is 38.3. The van der Waals surface area contributed by atoms with Crippen LogP contribution in [0.25, 0.3) is 0 Å². The van der Waals surface area contributed by atoms with Crippen molar-refractivity contribution in [2.75, 3.05) is 11.0 Å². The fourth-order valence-corrected chi connectivity index (χ4v) is 8.75. The number of unbranched alkanes of at least 4 members (excludes halogenated alkanes) is 30. The molecule has 0 saturated heterocycles. The van der Waals surface area contributed by atoms with Crippen LogP contribution >= 0.6 is 22.6 Å². The molecule has 0 saturated carbocycles. The van der Waals surface area contributed by atoms with E-state index in [1.54, 1.807) is 0 Å². The Morgan fingerprint density at radius 1 is 0.269 bits per heavy atom. The summed E-state index contributed by atoms with van der Waals surface area (Å²) in [6.45, 7) is 9.59. The molecule has 2 heteroatoms. The first-order chi connectivity index (χ1) is 25.7. The molecule has 0 heterocycles. The summed E-state index contributed by atoms with van der Waals surface area (Å²) >= 11 is 2.54. The first kappa shape index (κ1) is 54.8. The SMILES string of the molecule is CCCCCCCCCCC(CCCCI)CCCCCCCCCC.CCCCCCCCCCC(CCCCO)CCCCCCCCCC. The Morgan fingerprint density at radius 3 is 0.673 bits per heavy atom. The molecule has 1 N–H and O–H groups in total. The smallest absolute Gasteiger partial charge is 0.0431 e. The van der Waals surface area contributed by atoms with Crippen LogP contribution in [0.1, 0.15) is 297 Å². The molecule has 0 aliphatic heterocycles. The predicted octanol–water partition coefficient (Wildman–Crippen LogP) is 19.1. The summed E-state index contributed by atoms with van der Waals surface area (Å²) in [4.78, 5) is 0. The van der Waals surface area contributed by atoms with Crippen LogP contribution in [-0.4, -0.2) is 16.1 Å². The lowest BCUT2D eigenvalue weighted by molar-refractivity contribution is 0.272. The summed E-state index contributed by atoms with van der Waals surface area (Å²) in [5.41, 5.74) is 0. The van der Waals surface area contributed by atoms with E-state index < -0.39 is 0 Å². The highest BCUT2D eigenvalue weighted by atomic mass is 127. The van der Waals surface area contributed by atoms with Gasteiger partial charge in [-0.3, -0.25) is 0 Å². The second-order valence-electron chi connectivity index (χ2n) is 17.2. The number of hydrogen-bond acceptors (Lipinski definition) is 1. The van der Waals surface area contributed by atoms with Gasteiger partial charge in [-0.15, -0.1) is 0 Å². The first-order valence-corrected chi connectivity index (χ1v) is 26.4. The Morgan fingerprint density at radius 2 is 0.462 bits per heavy atom. The average Bonchev–Trinajstić information content (AvgIpc) is 3.15. The van der Waals surface area contributed by atoms with Crippen molar-refractivity contribution in [3.63, 3.8) is 0 Å². The average molecular weight is 847 g/mol. The van der Waals surface area contributed by atoms with Crippen molar-refractivity contribution >= 4 is 22.6 Å². The van der Waals surface area contributed by atoms with E-state index in [1.165, 1.54) is 268 Å². The van der Waals surface area contributed by atoms with Gasteiger partial charge in [-0.05, 0) is 29.1 Å². The second-order valence-corrected chi connectivity index (χ2v) is 18.3.